The molecular weight excluding hydrogens is 248 g/mol. The van der Waals surface area contributed by atoms with E-state index in [1.54, 1.807) is 12.1 Å². The van der Waals surface area contributed by atoms with Crippen LogP contribution in [0.25, 0.3) is 0 Å². The van der Waals surface area contributed by atoms with Gasteiger partial charge < -0.3 is 5.32 Å². The van der Waals surface area contributed by atoms with Gasteiger partial charge in [0, 0.05) is 11.7 Å². The zero-order valence-corrected chi connectivity index (χ0v) is 10.7. The van der Waals surface area contributed by atoms with Crippen molar-refractivity contribution in [3.8, 4) is 0 Å². The van der Waals surface area contributed by atoms with E-state index in [0.717, 1.165) is 18.5 Å². The fourth-order valence-corrected chi connectivity index (χ4v) is 3.44. The van der Waals surface area contributed by atoms with E-state index < -0.39 is 0 Å². The van der Waals surface area contributed by atoms with Crippen LogP contribution in [-0.2, 0) is 0 Å². The molecule has 4 nitrogen and oxygen atoms in total. The lowest BCUT2D eigenvalue weighted by atomic mass is 10.1. The van der Waals surface area contributed by atoms with E-state index in [1.165, 1.54) is 11.5 Å². The van der Waals surface area contributed by atoms with Gasteiger partial charge in [0.1, 0.15) is 0 Å². The number of carbonyl (C=O) groups excluding carboxylic acids is 2. The summed E-state index contributed by atoms with van der Waals surface area (Å²) >= 11 is 1.98. The number of nitrogens with one attached hydrogen (secondary N) is 2. The summed E-state index contributed by atoms with van der Waals surface area (Å²) in [6.07, 6.45) is 2.29. The van der Waals surface area contributed by atoms with Crippen LogP contribution in [0.5, 0.6) is 0 Å². The summed E-state index contributed by atoms with van der Waals surface area (Å²) in [5, 5.41) is 5.75. The predicted molar refractivity (Wildman–Crippen MR) is 72.2 cm³/mol. The highest BCUT2D eigenvalue weighted by Gasteiger charge is 2.26. The van der Waals surface area contributed by atoms with Crippen LogP contribution in [-0.4, -0.2) is 29.4 Å². The minimum atomic E-state index is -0.296. The largest absolute Gasteiger partial charge is 0.382 e. The molecule has 1 aromatic rings. The molecule has 0 saturated carbocycles. The van der Waals surface area contributed by atoms with Crippen molar-refractivity contribution in [3.63, 3.8) is 0 Å². The number of benzene rings is 1. The first-order chi connectivity index (χ1) is 8.74. The van der Waals surface area contributed by atoms with Gasteiger partial charge in [-0.3, -0.25) is 14.9 Å². The van der Waals surface area contributed by atoms with Crippen molar-refractivity contribution in [1.82, 2.24) is 5.32 Å². The van der Waals surface area contributed by atoms with Crippen molar-refractivity contribution in [1.29, 1.82) is 0 Å². The zero-order chi connectivity index (χ0) is 12.5. The lowest BCUT2D eigenvalue weighted by Gasteiger charge is -2.23. The fourth-order valence-electron chi connectivity index (χ4n) is 2.34. The van der Waals surface area contributed by atoms with Gasteiger partial charge in [-0.05, 0) is 42.5 Å². The van der Waals surface area contributed by atoms with Crippen LogP contribution >= 0.6 is 11.8 Å². The molecule has 0 spiro atoms. The van der Waals surface area contributed by atoms with Crippen molar-refractivity contribution >= 4 is 29.3 Å². The van der Waals surface area contributed by atoms with Crippen molar-refractivity contribution in [2.45, 2.75) is 18.9 Å². The molecule has 0 bridgehead atoms. The molecule has 0 aliphatic carbocycles. The molecule has 2 amide bonds. The topological polar surface area (TPSA) is 58.2 Å². The maximum absolute atomic E-state index is 11.6. The summed E-state index contributed by atoms with van der Waals surface area (Å²) in [5.74, 6) is 1.77. The van der Waals surface area contributed by atoms with E-state index >= 15 is 0 Å². The first-order valence-corrected chi connectivity index (χ1v) is 7.23. The van der Waals surface area contributed by atoms with Crippen LogP contribution < -0.4 is 10.6 Å². The summed E-state index contributed by atoms with van der Waals surface area (Å²) < 4.78 is 0. The fraction of sp³-hybridized carbons (Fsp3) is 0.385. The molecule has 0 aromatic heterocycles. The Morgan fingerprint density at radius 1 is 1.11 bits per heavy atom. The lowest BCUT2D eigenvalue weighted by Crippen LogP contribution is -2.24. The SMILES string of the molecule is O=C1NC(=O)c2cc(NC3CCSCC3)ccc21. The summed E-state index contributed by atoms with van der Waals surface area (Å²) in [6.45, 7) is 0. The van der Waals surface area contributed by atoms with Crippen LogP contribution in [0, 0.1) is 0 Å². The first kappa shape index (κ1) is 11.6. The molecule has 2 heterocycles. The standard InChI is InChI=1S/C13H14N2O2S/c16-12-10-2-1-9(7-11(10)13(17)15-12)14-8-3-5-18-6-4-8/h1-2,7-8,14H,3-6H2,(H,15,16,17). The van der Waals surface area contributed by atoms with E-state index in [4.69, 9.17) is 0 Å². The van der Waals surface area contributed by atoms with Gasteiger partial charge in [0.05, 0.1) is 11.1 Å². The smallest absolute Gasteiger partial charge is 0.259 e. The van der Waals surface area contributed by atoms with Crippen LogP contribution in [0.4, 0.5) is 5.69 Å². The molecule has 0 atom stereocenters. The van der Waals surface area contributed by atoms with Gasteiger partial charge in [0.2, 0.25) is 0 Å². The van der Waals surface area contributed by atoms with Crippen molar-refractivity contribution < 1.29 is 9.59 Å². The number of carbonyl (C=O) groups is 2. The molecule has 2 aliphatic heterocycles. The Balaban J connectivity index is 1.80. The van der Waals surface area contributed by atoms with Crippen LogP contribution in [0.1, 0.15) is 33.6 Å². The second-order valence-corrected chi connectivity index (χ2v) is 5.80. The van der Waals surface area contributed by atoms with E-state index in [1.807, 2.05) is 17.8 Å². The van der Waals surface area contributed by atoms with Gasteiger partial charge in [-0.1, -0.05) is 0 Å². The second-order valence-electron chi connectivity index (χ2n) is 4.57. The molecule has 2 N–H and O–H groups in total. The Labute approximate surface area is 110 Å². The minimum Gasteiger partial charge on any atom is -0.382 e. The van der Waals surface area contributed by atoms with Crippen molar-refractivity contribution in [2.24, 2.45) is 0 Å². The predicted octanol–water partition coefficient (Wildman–Crippen LogP) is 1.88. The van der Waals surface area contributed by atoms with E-state index in [0.29, 0.717) is 17.2 Å². The normalized spacial score (nSPS) is 19.6. The Bertz CT molecular complexity index is 510. The molecule has 18 heavy (non-hydrogen) atoms. The summed E-state index contributed by atoms with van der Waals surface area (Å²) in [7, 11) is 0. The zero-order valence-electron chi connectivity index (χ0n) is 9.86. The van der Waals surface area contributed by atoms with Gasteiger partial charge in [-0.2, -0.15) is 11.8 Å². The number of amides is 2. The maximum Gasteiger partial charge on any atom is 0.259 e. The van der Waals surface area contributed by atoms with Gasteiger partial charge >= 0.3 is 0 Å². The lowest BCUT2D eigenvalue weighted by molar-refractivity contribution is 0.0879. The Morgan fingerprint density at radius 3 is 2.61 bits per heavy atom. The first-order valence-electron chi connectivity index (χ1n) is 6.08. The van der Waals surface area contributed by atoms with Gasteiger partial charge in [0.25, 0.3) is 11.8 Å². The molecule has 0 unspecified atom stereocenters. The molecule has 5 heteroatoms. The van der Waals surface area contributed by atoms with Gasteiger partial charge in [-0.25, -0.2) is 0 Å². The average Bonchev–Trinajstić information content (AvgIpc) is 2.66. The molecule has 1 fully saturated rings. The quantitative estimate of drug-likeness (QED) is 0.799. The highest BCUT2D eigenvalue weighted by atomic mass is 32.2. The van der Waals surface area contributed by atoms with E-state index in [9.17, 15) is 9.59 Å². The number of imide groups is 1. The molecule has 0 radical (unpaired) electrons. The Kier molecular flexibility index (Phi) is 2.99. The number of rotatable bonds is 2. The molecule has 94 valence electrons. The van der Waals surface area contributed by atoms with Crippen LogP contribution in [0.15, 0.2) is 18.2 Å². The highest BCUT2D eigenvalue weighted by molar-refractivity contribution is 7.99. The third-order valence-electron chi connectivity index (χ3n) is 3.33. The average molecular weight is 262 g/mol. The highest BCUT2D eigenvalue weighted by Crippen LogP contribution is 2.24. The number of hydrogen-bond donors (Lipinski definition) is 2. The molecule has 1 saturated heterocycles. The number of fused-ring (bicyclic) bond motifs is 1. The van der Waals surface area contributed by atoms with Gasteiger partial charge in [-0.15, -0.1) is 0 Å². The number of thioether (sulfide) groups is 1. The van der Waals surface area contributed by atoms with Gasteiger partial charge in [0.15, 0.2) is 0 Å². The van der Waals surface area contributed by atoms with Crippen LogP contribution in [0.3, 0.4) is 0 Å². The maximum atomic E-state index is 11.6. The van der Waals surface area contributed by atoms with E-state index in [-0.39, 0.29) is 11.8 Å². The van der Waals surface area contributed by atoms with Crippen LogP contribution in [0.2, 0.25) is 0 Å². The third-order valence-corrected chi connectivity index (χ3v) is 4.38. The summed E-state index contributed by atoms with van der Waals surface area (Å²) in [5.41, 5.74) is 1.88. The molecular formula is C13H14N2O2S. The van der Waals surface area contributed by atoms with E-state index in [2.05, 4.69) is 10.6 Å². The Hall–Kier alpha value is -1.49. The third kappa shape index (κ3) is 2.10. The Morgan fingerprint density at radius 2 is 1.83 bits per heavy atom. The monoisotopic (exact) mass is 262 g/mol. The molecule has 2 aliphatic rings. The summed E-state index contributed by atoms with van der Waals surface area (Å²) in [4.78, 5) is 23.0. The second kappa shape index (κ2) is 4.65. The molecule has 3 rings (SSSR count). The molecule has 1 aromatic carbocycles. The minimum absolute atomic E-state index is 0.294. The van der Waals surface area contributed by atoms with Crippen molar-refractivity contribution in [3.05, 3.63) is 29.3 Å². The van der Waals surface area contributed by atoms with Crippen molar-refractivity contribution in [2.75, 3.05) is 16.8 Å². The summed E-state index contributed by atoms with van der Waals surface area (Å²) in [6, 6.07) is 5.84. The number of hydrogen-bond acceptors (Lipinski definition) is 4. The number of anilines is 1.